The molecule has 19 heavy (non-hydrogen) atoms. The van der Waals surface area contributed by atoms with Crippen LogP contribution in [-0.2, 0) is 9.53 Å². The number of hydrogen-bond donors (Lipinski definition) is 1. The minimum atomic E-state index is -0.730. The van der Waals surface area contributed by atoms with E-state index in [0.717, 1.165) is 19.5 Å². The molecule has 0 aliphatic rings. The Balaban J connectivity index is 4.58. The van der Waals surface area contributed by atoms with Gasteiger partial charge >= 0.3 is 0 Å². The third-order valence-electron chi connectivity index (χ3n) is 3.57. The van der Waals surface area contributed by atoms with Crippen molar-refractivity contribution in [3.8, 4) is 0 Å². The molecule has 0 radical (unpaired) electrons. The highest BCUT2D eigenvalue weighted by Crippen LogP contribution is 2.15. The molecule has 0 unspecified atom stereocenters. The van der Waals surface area contributed by atoms with Gasteiger partial charge in [0.15, 0.2) is 0 Å². The van der Waals surface area contributed by atoms with Crippen LogP contribution in [0.5, 0.6) is 0 Å². The number of amides is 1. The summed E-state index contributed by atoms with van der Waals surface area (Å²) in [5.41, 5.74) is 5.47. The van der Waals surface area contributed by atoms with Crippen molar-refractivity contribution in [2.24, 2.45) is 5.73 Å². The Kier molecular flexibility index (Phi) is 8.97. The summed E-state index contributed by atoms with van der Waals surface area (Å²) in [6, 6.07) is 0. The molecule has 0 aromatic heterocycles. The van der Waals surface area contributed by atoms with Crippen LogP contribution in [0.1, 0.15) is 33.1 Å². The van der Waals surface area contributed by atoms with Crippen LogP contribution in [0, 0.1) is 0 Å². The van der Waals surface area contributed by atoms with Gasteiger partial charge in [0.2, 0.25) is 5.91 Å². The highest BCUT2D eigenvalue weighted by atomic mass is 16.5. The van der Waals surface area contributed by atoms with E-state index in [2.05, 4.69) is 4.90 Å². The molecule has 1 amide bonds. The predicted molar refractivity (Wildman–Crippen MR) is 79.1 cm³/mol. The summed E-state index contributed by atoms with van der Waals surface area (Å²) in [5, 5.41) is 0. The number of methoxy groups -OCH3 is 1. The molecular weight excluding hydrogens is 242 g/mol. The van der Waals surface area contributed by atoms with Crippen LogP contribution in [0.3, 0.4) is 0 Å². The van der Waals surface area contributed by atoms with Crippen LogP contribution in [0.15, 0.2) is 0 Å². The van der Waals surface area contributed by atoms with Crippen molar-refractivity contribution in [3.63, 3.8) is 0 Å². The molecule has 0 rings (SSSR count). The molecule has 0 aromatic carbocycles. The number of nitrogens with two attached hydrogens (primary N) is 1. The predicted octanol–water partition coefficient (Wildman–Crippen LogP) is 0.931. The lowest BCUT2D eigenvalue weighted by Crippen LogP contribution is -2.55. The van der Waals surface area contributed by atoms with Crippen molar-refractivity contribution < 1.29 is 9.53 Å². The Bertz CT molecular complexity index is 253. The van der Waals surface area contributed by atoms with E-state index in [1.54, 1.807) is 7.11 Å². The average molecular weight is 273 g/mol. The molecule has 2 N–H and O–H groups in total. The first kappa shape index (κ1) is 18.4. The van der Waals surface area contributed by atoms with E-state index in [0.29, 0.717) is 26.0 Å². The van der Waals surface area contributed by atoms with Crippen LogP contribution < -0.4 is 5.73 Å². The summed E-state index contributed by atoms with van der Waals surface area (Å²) in [6.07, 6.45) is 2.28. The molecule has 0 fully saturated rings. The molecule has 0 aliphatic carbocycles. The summed E-state index contributed by atoms with van der Waals surface area (Å²) in [7, 11) is 5.72. The molecule has 0 atom stereocenters. The molecule has 5 nitrogen and oxygen atoms in total. The van der Waals surface area contributed by atoms with Crippen molar-refractivity contribution in [2.45, 2.75) is 38.6 Å². The number of carbonyl (C=O) groups is 1. The summed E-state index contributed by atoms with van der Waals surface area (Å²) in [6.45, 7) is 6.80. The highest BCUT2D eigenvalue weighted by molar-refractivity contribution is 5.86. The van der Waals surface area contributed by atoms with Gasteiger partial charge < -0.3 is 20.3 Å². The Morgan fingerprint density at radius 2 is 1.74 bits per heavy atom. The lowest BCUT2D eigenvalue weighted by molar-refractivity contribution is -0.138. The van der Waals surface area contributed by atoms with Gasteiger partial charge in [-0.2, -0.15) is 0 Å². The summed E-state index contributed by atoms with van der Waals surface area (Å²) in [5.74, 6) is 0.0494. The molecule has 114 valence electrons. The smallest absolute Gasteiger partial charge is 0.242 e. The number of hydrogen-bond acceptors (Lipinski definition) is 4. The largest absolute Gasteiger partial charge is 0.383 e. The molecule has 0 aliphatic heterocycles. The normalized spacial score (nSPS) is 11.9. The monoisotopic (exact) mass is 273 g/mol. The maximum Gasteiger partial charge on any atom is 0.242 e. The zero-order valence-electron chi connectivity index (χ0n) is 13.2. The van der Waals surface area contributed by atoms with Crippen LogP contribution in [0.4, 0.5) is 0 Å². The van der Waals surface area contributed by atoms with E-state index in [9.17, 15) is 4.79 Å². The van der Waals surface area contributed by atoms with Gasteiger partial charge in [-0.05, 0) is 39.9 Å². The fourth-order valence-electron chi connectivity index (χ4n) is 1.96. The first-order valence-electron chi connectivity index (χ1n) is 7.13. The van der Waals surface area contributed by atoms with Crippen molar-refractivity contribution in [2.75, 3.05) is 47.4 Å². The fourth-order valence-corrected chi connectivity index (χ4v) is 1.96. The van der Waals surface area contributed by atoms with Gasteiger partial charge in [0.25, 0.3) is 0 Å². The summed E-state index contributed by atoms with van der Waals surface area (Å²) >= 11 is 0. The van der Waals surface area contributed by atoms with Crippen LogP contribution in [-0.4, -0.2) is 68.7 Å². The molecule has 0 saturated heterocycles. The minimum Gasteiger partial charge on any atom is -0.383 e. The Morgan fingerprint density at radius 1 is 1.16 bits per heavy atom. The van der Waals surface area contributed by atoms with Crippen molar-refractivity contribution in [1.82, 2.24) is 9.80 Å². The zero-order chi connectivity index (χ0) is 14.9. The Morgan fingerprint density at radius 3 is 2.16 bits per heavy atom. The second-order valence-electron chi connectivity index (χ2n) is 5.31. The average Bonchev–Trinajstić information content (AvgIpc) is 2.40. The molecule has 0 spiro atoms. The standard InChI is InChI=1S/C14H31N3O2/c1-6-14(15,7-2)13(18)17(11-12-19-5)10-8-9-16(3)4/h6-12,15H2,1-5H3. The van der Waals surface area contributed by atoms with Gasteiger partial charge in [0.05, 0.1) is 12.1 Å². The SMILES string of the molecule is CCC(N)(CC)C(=O)N(CCCN(C)C)CCOC. The van der Waals surface area contributed by atoms with Crippen LogP contribution in [0.2, 0.25) is 0 Å². The summed E-state index contributed by atoms with van der Waals surface area (Å²) in [4.78, 5) is 16.5. The highest BCUT2D eigenvalue weighted by Gasteiger charge is 2.33. The van der Waals surface area contributed by atoms with E-state index in [1.165, 1.54) is 0 Å². The fraction of sp³-hybridized carbons (Fsp3) is 0.929. The number of nitrogens with zero attached hydrogens (tertiary/aromatic N) is 2. The maximum absolute atomic E-state index is 12.5. The van der Waals surface area contributed by atoms with Gasteiger partial charge in [-0.15, -0.1) is 0 Å². The Labute approximate surface area is 118 Å². The second kappa shape index (κ2) is 9.28. The van der Waals surface area contributed by atoms with E-state index >= 15 is 0 Å². The first-order chi connectivity index (χ1) is 8.91. The first-order valence-corrected chi connectivity index (χ1v) is 7.13. The molecule has 5 heteroatoms. The topological polar surface area (TPSA) is 58.8 Å². The van der Waals surface area contributed by atoms with Crippen molar-refractivity contribution in [3.05, 3.63) is 0 Å². The third-order valence-corrected chi connectivity index (χ3v) is 3.57. The van der Waals surface area contributed by atoms with E-state index < -0.39 is 5.54 Å². The quantitative estimate of drug-likeness (QED) is 0.643. The third kappa shape index (κ3) is 6.36. The van der Waals surface area contributed by atoms with E-state index in [1.807, 2.05) is 32.8 Å². The van der Waals surface area contributed by atoms with Gasteiger partial charge in [0.1, 0.15) is 0 Å². The number of carbonyl (C=O) groups excluding carboxylic acids is 1. The molecule has 0 bridgehead atoms. The van der Waals surface area contributed by atoms with E-state index in [4.69, 9.17) is 10.5 Å². The van der Waals surface area contributed by atoms with Gasteiger partial charge in [-0.3, -0.25) is 4.79 Å². The molecule has 0 aromatic rings. The van der Waals surface area contributed by atoms with E-state index in [-0.39, 0.29) is 5.91 Å². The Hall–Kier alpha value is -0.650. The van der Waals surface area contributed by atoms with Crippen molar-refractivity contribution >= 4 is 5.91 Å². The van der Waals surface area contributed by atoms with Gasteiger partial charge in [-0.25, -0.2) is 0 Å². The maximum atomic E-state index is 12.5. The zero-order valence-corrected chi connectivity index (χ0v) is 13.2. The van der Waals surface area contributed by atoms with Gasteiger partial charge in [-0.1, -0.05) is 13.8 Å². The number of rotatable bonds is 10. The summed E-state index contributed by atoms with van der Waals surface area (Å²) < 4.78 is 5.08. The number of ether oxygens (including phenoxy) is 1. The second-order valence-corrected chi connectivity index (χ2v) is 5.31. The van der Waals surface area contributed by atoms with Gasteiger partial charge in [0, 0.05) is 20.2 Å². The molecule has 0 heterocycles. The van der Waals surface area contributed by atoms with Crippen LogP contribution in [0.25, 0.3) is 0 Å². The lowest BCUT2D eigenvalue weighted by Gasteiger charge is -2.33. The van der Waals surface area contributed by atoms with Crippen molar-refractivity contribution in [1.29, 1.82) is 0 Å². The minimum absolute atomic E-state index is 0.0494. The van der Waals surface area contributed by atoms with Crippen LogP contribution >= 0.6 is 0 Å². The molecule has 0 saturated carbocycles. The lowest BCUT2D eigenvalue weighted by atomic mass is 9.92. The molecular formula is C14H31N3O2.